The molecule has 0 saturated carbocycles. The predicted molar refractivity (Wildman–Crippen MR) is 101 cm³/mol. The van der Waals surface area contributed by atoms with Crippen LogP contribution in [0, 0.1) is 0 Å². The molecule has 2 aromatic carbocycles. The molecule has 6 nitrogen and oxygen atoms in total. The van der Waals surface area contributed by atoms with Gasteiger partial charge in [-0.3, -0.25) is 9.59 Å². The number of benzene rings is 2. The Labute approximate surface area is 154 Å². The van der Waals surface area contributed by atoms with Crippen molar-refractivity contribution in [2.75, 3.05) is 5.32 Å². The molecule has 0 bridgehead atoms. The summed E-state index contributed by atoms with van der Waals surface area (Å²) in [6, 6.07) is 16.7. The molecule has 1 amide bonds. The van der Waals surface area contributed by atoms with Gasteiger partial charge in [0, 0.05) is 23.5 Å². The predicted octanol–water partition coefficient (Wildman–Crippen LogP) is 3.45. The van der Waals surface area contributed by atoms with Crippen LogP contribution in [0.1, 0.15) is 23.5 Å². The Morgan fingerprint density at radius 2 is 1.78 bits per heavy atom. The highest BCUT2D eigenvalue weighted by Crippen LogP contribution is 2.37. The maximum atomic E-state index is 13.0. The Morgan fingerprint density at radius 1 is 1.00 bits per heavy atom. The molecule has 3 heterocycles. The molecule has 132 valence electrons. The van der Waals surface area contributed by atoms with Gasteiger partial charge in [0.05, 0.1) is 23.5 Å². The molecule has 2 aromatic heterocycles. The van der Waals surface area contributed by atoms with Crippen LogP contribution in [-0.4, -0.2) is 15.7 Å². The smallest absolute Gasteiger partial charge is 0.226 e. The number of aromatic nitrogens is 2. The van der Waals surface area contributed by atoms with E-state index in [0.717, 1.165) is 11.3 Å². The van der Waals surface area contributed by atoms with E-state index in [0.29, 0.717) is 22.4 Å². The van der Waals surface area contributed by atoms with Crippen molar-refractivity contribution >= 4 is 22.7 Å². The van der Waals surface area contributed by atoms with Crippen molar-refractivity contribution in [1.29, 1.82) is 0 Å². The fraction of sp³-hybridized carbons (Fsp3) is 0.0952. The zero-order chi connectivity index (χ0) is 18.4. The van der Waals surface area contributed by atoms with Gasteiger partial charge in [0.15, 0.2) is 5.43 Å². The zero-order valence-electron chi connectivity index (χ0n) is 14.3. The minimum Gasteiger partial charge on any atom is -0.464 e. The fourth-order valence-corrected chi connectivity index (χ4v) is 3.60. The Hall–Kier alpha value is -3.67. The van der Waals surface area contributed by atoms with Gasteiger partial charge in [-0.25, -0.2) is 4.68 Å². The molecule has 4 aromatic rings. The first kappa shape index (κ1) is 15.6. The third-order valence-corrected chi connectivity index (χ3v) is 4.90. The number of carbonyl (C=O) groups excluding carboxylic acids is 1. The van der Waals surface area contributed by atoms with E-state index in [1.54, 1.807) is 29.1 Å². The van der Waals surface area contributed by atoms with E-state index in [1.807, 2.05) is 36.4 Å². The second-order valence-electron chi connectivity index (χ2n) is 6.52. The lowest BCUT2D eigenvalue weighted by atomic mass is 9.88. The third-order valence-electron chi connectivity index (χ3n) is 4.90. The van der Waals surface area contributed by atoms with Gasteiger partial charge in [0.1, 0.15) is 11.4 Å². The van der Waals surface area contributed by atoms with Crippen molar-refractivity contribution in [2.24, 2.45) is 0 Å². The lowest BCUT2D eigenvalue weighted by Crippen LogP contribution is -2.27. The van der Waals surface area contributed by atoms with Crippen molar-refractivity contribution in [3.05, 3.63) is 88.4 Å². The molecule has 0 fully saturated rings. The second kappa shape index (κ2) is 5.95. The Kier molecular flexibility index (Phi) is 3.43. The van der Waals surface area contributed by atoms with Crippen LogP contribution in [0.3, 0.4) is 0 Å². The first-order chi connectivity index (χ1) is 13.2. The van der Waals surface area contributed by atoms with Gasteiger partial charge in [0.2, 0.25) is 5.91 Å². The average molecular weight is 357 g/mol. The third kappa shape index (κ3) is 2.45. The van der Waals surface area contributed by atoms with Crippen LogP contribution in [0.5, 0.6) is 0 Å². The molecule has 0 aliphatic carbocycles. The minimum atomic E-state index is -0.396. The van der Waals surface area contributed by atoms with E-state index in [1.165, 1.54) is 6.26 Å². The van der Waals surface area contributed by atoms with Gasteiger partial charge in [-0.2, -0.15) is 5.10 Å². The lowest BCUT2D eigenvalue weighted by molar-refractivity contribution is -0.116. The SMILES string of the molecule is O=C1C[C@H](c2coc3ccccc3c2=O)c2cnn(-c3ccccc3)c2N1. The number of carbonyl (C=O) groups is 1. The molecule has 1 aliphatic heterocycles. The highest BCUT2D eigenvalue weighted by atomic mass is 16.3. The Balaban J connectivity index is 1.68. The van der Waals surface area contributed by atoms with Gasteiger partial charge >= 0.3 is 0 Å². The first-order valence-electron chi connectivity index (χ1n) is 8.66. The van der Waals surface area contributed by atoms with Crippen LogP contribution >= 0.6 is 0 Å². The highest BCUT2D eigenvalue weighted by molar-refractivity contribution is 5.94. The maximum Gasteiger partial charge on any atom is 0.226 e. The number of nitrogens with zero attached hydrogens (tertiary/aromatic N) is 2. The molecule has 0 radical (unpaired) electrons. The molecule has 1 aliphatic rings. The Morgan fingerprint density at radius 3 is 2.63 bits per heavy atom. The topological polar surface area (TPSA) is 77.1 Å². The number of anilines is 1. The van der Waals surface area contributed by atoms with Crippen LogP contribution in [0.15, 0.2) is 76.3 Å². The summed E-state index contributed by atoms with van der Waals surface area (Å²) in [5.41, 5.74) is 2.53. The normalized spacial score (nSPS) is 16.1. The number of amides is 1. The molecule has 5 rings (SSSR count). The van der Waals surface area contributed by atoms with Crippen LogP contribution in [-0.2, 0) is 4.79 Å². The number of hydrogen-bond acceptors (Lipinski definition) is 4. The summed E-state index contributed by atoms with van der Waals surface area (Å²) in [6.07, 6.45) is 3.36. The summed E-state index contributed by atoms with van der Waals surface area (Å²) in [4.78, 5) is 25.4. The average Bonchev–Trinajstić information content (AvgIpc) is 3.12. The molecule has 1 N–H and O–H groups in total. The van der Waals surface area contributed by atoms with Crippen LogP contribution < -0.4 is 10.7 Å². The van der Waals surface area contributed by atoms with E-state index >= 15 is 0 Å². The summed E-state index contributed by atoms with van der Waals surface area (Å²) in [5.74, 6) is 0.0415. The minimum absolute atomic E-state index is 0.116. The fourth-order valence-electron chi connectivity index (χ4n) is 3.60. The van der Waals surface area contributed by atoms with Crippen molar-refractivity contribution in [3.8, 4) is 5.69 Å². The second-order valence-corrected chi connectivity index (χ2v) is 6.52. The van der Waals surface area contributed by atoms with Crippen molar-refractivity contribution < 1.29 is 9.21 Å². The molecule has 6 heteroatoms. The van der Waals surface area contributed by atoms with Crippen molar-refractivity contribution in [2.45, 2.75) is 12.3 Å². The Bertz CT molecular complexity index is 1220. The van der Waals surface area contributed by atoms with E-state index in [4.69, 9.17) is 4.42 Å². The van der Waals surface area contributed by atoms with Crippen LogP contribution in [0.25, 0.3) is 16.7 Å². The largest absolute Gasteiger partial charge is 0.464 e. The first-order valence-corrected chi connectivity index (χ1v) is 8.66. The summed E-state index contributed by atoms with van der Waals surface area (Å²) in [7, 11) is 0. The van der Waals surface area contributed by atoms with Gasteiger partial charge in [-0.15, -0.1) is 0 Å². The van der Waals surface area contributed by atoms with Gasteiger partial charge < -0.3 is 9.73 Å². The standard InChI is InChI=1S/C21H15N3O3/c25-19-10-15(17-12-27-18-9-5-4-8-14(18)20(17)26)16-11-22-24(21(16)23-19)13-6-2-1-3-7-13/h1-9,11-12,15H,10H2,(H,23,25)/t15-/m0/s1. The van der Waals surface area contributed by atoms with E-state index in [-0.39, 0.29) is 17.8 Å². The summed E-state index contributed by atoms with van der Waals surface area (Å²) in [6.45, 7) is 0. The molecule has 27 heavy (non-hydrogen) atoms. The van der Waals surface area contributed by atoms with E-state index < -0.39 is 5.92 Å². The number of nitrogens with one attached hydrogen (secondary N) is 1. The van der Waals surface area contributed by atoms with Crippen molar-refractivity contribution in [3.63, 3.8) is 0 Å². The summed E-state index contributed by atoms with van der Waals surface area (Å²) in [5, 5.41) is 7.84. The lowest BCUT2D eigenvalue weighted by Gasteiger charge is -2.23. The van der Waals surface area contributed by atoms with Gasteiger partial charge in [0.25, 0.3) is 0 Å². The zero-order valence-corrected chi connectivity index (χ0v) is 14.3. The molecule has 0 unspecified atom stereocenters. The van der Waals surface area contributed by atoms with Crippen molar-refractivity contribution in [1.82, 2.24) is 9.78 Å². The summed E-state index contributed by atoms with van der Waals surface area (Å²) < 4.78 is 7.34. The van der Waals surface area contributed by atoms with Gasteiger partial charge in [-0.1, -0.05) is 30.3 Å². The number of rotatable bonds is 2. The van der Waals surface area contributed by atoms with E-state index in [2.05, 4.69) is 10.4 Å². The monoisotopic (exact) mass is 357 g/mol. The number of fused-ring (bicyclic) bond motifs is 2. The molecule has 0 saturated heterocycles. The maximum absolute atomic E-state index is 13.0. The summed E-state index contributed by atoms with van der Waals surface area (Å²) >= 11 is 0. The quantitative estimate of drug-likeness (QED) is 0.596. The molecule has 1 atom stereocenters. The highest BCUT2D eigenvalue weighted by Gasteiger charge is 2.32. The van der Waals surface area contributed by atoms with Gasteiger partial charge in [-0.05, 0) is 24.3 Å². The van der Waals surface area contributed by atoms with E-state index in [9.17, 15) is 9.59 Å². The van der Waals surface area contributed by atoms with Crippen LogP contribution in [0.4, 0.5) is 5.82 Å². The number of para-hydroxylation sites is 2. The molecular weight excluding hydrogens is 342 g/mol. The number of hydrogen-bond donors (Lipinski definition) is 1. The van der Waals surface area contributed by atoms with Crippen LogP contribution in [0.2, 0.25) is 0 Å². The molecular formula is C21H15N3O3. The molecule has 0 spiro atoms.